The van der Waals surface area contributed by atoms with Gasteiger partial charge in [-0.15, -0.1) is 11.3 Å². The van der Waals surface area contributed by atoms with Crippen LogP contribution in [0.1, 0.15) is 29.8 Å². The molecular formula is C22H21N3O4S. The Morgan fingerprint density at radius 2 is 1.70 bits per heavy atom. The van der Waals surface area contributed by atoms with E-state index in [0.29, 0.717) is 23.0 Å². The third-order valence-corrected chi connectivity index (χ3v) is 4.93. The summed E-state index contributed by atoms with van der Waals surface area (Å²) >= 11 is 1.32. The highest BCUT2D eigenvalue weighted by Crippen LogP contribution is 2.25. The van der Waals surface area contributed by atoms with Gasteiger partial charge in [0.15, 0.2) is 17.5 Å². The SMILES string of the molecule is CC(=O)NCc1ccc(-c2csc(NC(=O)COc3ccc(C(C)=O)cc3)n2)cc1. The summed E-state index contributed by atoms with van der Waals surface area (Å²) in [4.78, 5) is 38.8. The van der Waals surface area contributed by atoms with E-state index in [9.17, 15) is 14.4 Å². The van der Waals surface area contributed by atoms with Crippen LogP contribution in [0, 0.1) is 0 Å². The average molecular weight is 423 g/mol. The molecule has 3 aromatic rings. The zero-order chi connectivity index (χ0) is 21.5. The van der Waals surface area contributed by atoms with Crippen molar-refractivity contribution in [2.45, 2.75) is 20.4 Å². The van der Waals surface area contributed by atoms with Crippen LogP contribution in [0.4, 0.5) is 5.13 Å². The van der Waals surface area contributed by atoms with Gasteiger partial charge in [-0.05, 0) is 36.8 Å². The fraction of sp³-hybridized carbons (Fsp3) is 0.182. The van der Waals surface area contributed by atoms with Crippen LogP contribution < -0.4 is 15.4 Å². The van der Waals surface area contributed by atoms with Crippen molar-refractivity contribution in [3.8, 4) is 17.0 Å². The Morgan fingerprint density at radius 1 is 1.00 bits per heavy atom. The predicted molar refractivity (Wildman–Crippen MR) is 116 cm³/mol. The molecule has 1 heterocycles. The molecule has 7 nitrogen and oxygen atoms in total. The molecule has 1 aromatic heterocycles. The zero-order valence-corrected chi connectivity index (χ0v) is 17.4. The second kappa shape index (κ2) is 9.80. The maximum Gasteiger partial charge on any atom is 0.264 e. The monoisotopic (exact) mass is 423 g/mol. The number of benzene rings is 2. The number of ketones is 1. The Kier molecular flexibility index (Phi) is 6.92. The average Bonchev–Trinajstić information content (AvgIpc) is 3.19. The summed E-state index contributed by atoms with van der Waals surface area (Å²) in [5, 5.41) is 7.81. The van der Waals surface area contributed by atoms with E-state index in [1.165, 1.54) is 25.2 Å². The maximum absolute atomic E-state index is 12.1. The Balaban J connectivity index is 1.52. The lowest BCUT2D eigenvalue weighted by Crippen LogP contribution is -2.20. The first-order chi connectivity index (χ1) is 14.4. The van der Waals surface area contributed by atoms with E-state index in [1.54, 1.807) is 24.3 Å². The number of anilines is 1. The Morgan fingerprint density at radius 3 is 2.33 bits per heavy atom. The van der Waals surface area contributed by atoms with Crippen LogP contribution in [-0.4, -0.2) is 29.2 Å². The van der Waals surface area contributed by atoms with Crippen molar-refractivity contribution >= 4 is 34.1 Å². The van der Waals surface area contributed by atoms with Crippen molar-refractivity contribution in [3.63, 3.8) is 0 Å². The molecule has 0 aliphatic rings. The highest BCUT2D eigenvalue weighted by atomic mass is 32.1. The van der Waals surface area contributed by atoms with Crippen LogP contribution in [0.25, 0.3) is 11.3 Å². The summed E-state index contributed by atoms with van der Waals surface area (Å²) in [6.07, 6.45) is 0. The molecule has 2 amide bonds. The van der Waals surface area contributed by atoms with Gasteiger partial charge in [0.05, 0.1) is 5.69 Å². The molecule has 2 aromatic carbocycles. The first-order valence-electron chi connectivity index (χ1n) is 9.23. The number of nitrogens with zero attached hydrogens (tertiary/aromatic N) is 1. The lowest BCUT2D eigenvalue weighted by Gasteiger charge is -2.06. The number of nitrogens with one attached hydrogen (secondary N) is 2. The number of thiazole rings is 1. The second-order valence-electron chi connectivity index (χ2n) is 6.56. The highest BCUT2D eigenvalue weighted by Gasteiger charge is 2.09. The first kappa shape index (κ1) is 21.2. The van der Waals surface area contributed by atoms with Crippen molar-refractivity contribution in [3.05, 3.63) is 65.0 Å². The minimum Gasteiger partial charge on any atom is -0.484 e. The molecule has 3 rings (SSSR count). The lowest BCUT2D eigenvalue weighted by molar-refractivity contribution is -0.119. The highest BCUT2D eigenvalue weighted by molar-refractivity contribution is 7.14. The fourth-order valence-corrected chi connectivity index (χ4v) is 3.31. The number of amides is 2. The van der Waals surface area contributed by atoms with E-state index in [1.807, 2.05) is 29.6 Å². The summed E-state index contributed by atoms with van der Waals surface area (Å²) in [5.74, 6) is 0.0868. The number of rotatable bonds is 8. The molecule has 0 aliphatic carbocycles. The molecular weight excluding hydrogens is 402 g/mol. The van der Waals surface area contributed by atoms with Gasteiger partial charge >= 0.3 is 0 Å². The molecule has 0 saturated carbocycles. The number of hydrogen-bond donors (Lipinski definition) is 2. The number of aromatic nitrogens is 1. The molecule has 0 spiro atoms. The van der Waals surface area contributed by atoms with Crippen LogP contribution in [0.2, 0.25) is 0 Å². The van der Waals surface area contributed by atoms with Crippen molar-refractivity contribution in [2.24, 2.45) is 0 Å². The first-order valence-corrected chi connectivity index (χ1v) is 10.1. The van der Waals surface area contributed by atoms with Gasteiger partial charge in [0.1, 0.15) is 5.75 Å². The molecule has 154 valence electrons. The number of Topliss-reactive ketones (excluding diaryl/α,β-unsaturated/α-hetero) is 1. The molecule has 0 fully saturated rings. The van der Waals surface area contributed by atoms with Crippen LogP contribution in [0.3, 0.4) is 0 Å². The van der Waals surface area contributed by atoms with Crippen molar-refractivity contribution in [2.75, 3.05) is 11.9 Å². The van der Waals surface area contributed by atoms with Crippen LogP contribution in [0.15, 0.2) is 53.9 Å². The molecule has 0 radical (unpaired) electrons. The number of ether oxygens (including phenoxy) is 1. The second-order valence-corrected chi connectivity index (χ2v) is 7.42. The summed E-state index contributed by atoms with van der Waals surface area (Å²) in [6, 6.07) is 14.3. The van der Waals surface area contributed by atoms with Gasteiger partial charge in [-0.1, -0.05) is 24.3 Å². The van der Waals surface area contributed by atoms with Crippen molar-refractivity contribution in [1.82, 2.24) is 10.3 Å². The molecule has 0 atom stereocenters. The van der Waals surface area contributed by atoms with E-state index in [-0.39, 0.29) is 24.2 Å². The van der Waals surface area contributed by atoms with E-state index in [2.05, 4.69) is 15.6 Å². The number of carbonyl (C=O) groups is 3. The number of carbonyl (C=O) groups excluding carboxylic acids is 3. The van der Waals surface area contributed by atoms with Crippen molar-refractivity contribution in [1.29, 1.82) is 0 Å². The van der Waals surface area contributed by atoms with E-state index < -0.39 is 0 Å². The van der Waals surface area contributed by atoms with E-state index in [4.69, 9.17) is 4.74 Å². The standard InChI is InChI=1S/C22H21N3O4S/c1-14(26)17-7-9-19(10-8-17)29-12-21(28)25-22-24-20(13-30-22)18-5-3-16(4-6-18)11-23-15(2)27/h3-10,13H,11-12H2,1-2H3,(H,23,27)(H,24,25,28). The van der Waals surface area contributed by atoms with Crippen molar-refractivity contribution < 1.29 is 19.1 Å². The fourth-order valence-electron chi connectivity index (χ4n) is 2.57. The largest absolute Gasteiger partial charge is 0.484 e. The zero-order valence-electron chi connectivity index (χ0n) is 16.6. The van der Waals surface area contributed by atoms with Gasteiger partial charge in [0.2, 0.25) is 5.91 Å². The quantitative estimate of drug-likeness (QED) is 0.539. The summed E-state index contributed by atoms with van der Waals surface area (Å²) in [5.41, 5.74) is 3.25. The minimum atomic E-state index is -0.322. The van der Waals surface area contributed by atoms with Gasteiger partial charge in [0.25, 0.3) is 5.91 Å². The molecule has 8 heteroatoms. The molecule has 0 aliphatic heterocycles. The van der Waals surface area contributed by atoms with Gasteiger partial charge in [0, 0.05) is 30.0 Å². The Hall–Kier alpha value is -3.52. The Bertz CT molecular complexity index is 1040. The maximum atomic E-state index is 12.1. The lowest BCUT2D eigenvalue weighted by atomic mass is 10.1. The normalized spacial score (nSPS) is 10.3. The minimum absolute atomic E-state index is 0.0266. The van der Waals surface area contributed by atoms with Gasteiger partial charge in [-0.2, -0.15) is 0 Å². The molecule has 0 bridgehead atoms. The number of hydrogen-bond acceptors (Lipinski definition) is 6. The summed E-state index contributed by atoms with van der Waals surface area (Å²) < 4.78 is 5.44. The summed E-state index contributed by atoms with van der Waals surface area (Å²) in [6.45, 7) is 3.29. The van der Waals surface area contributed by atoms with Gasteiger partial charge in [-0.25, -0.2) is 4.98 Å². The topological polar surface area (TPSA) is 97.4 Å². The third-order valence-electron chi connectivity index (χ3n) is 4.17. The van der Waals surface area contributed by atoms with Gasteiger partial charge in [-0.3, -0.25) is 19.7 Å². The molecule has 0 saturated heterocycles. The van der Waals surface area contributed by atoms with Crippen LogP contribution >= 0.6 is 11.3 Å². The van der Waals surface area contributed by atoms with E-state index >= 15 is 0 Å². The van der Waals surface area contributed by atoms with E-state index in [0.717, 1.165) is 16.8 Å². The smallest absolute Gasteiger partial charge is 0.264 e. The van der Waals surface area contributed by atoms with Crippen LogP contribution in [0.5, 0.6) is 5.75 Å². The Labute approximate surface area is 178 Å². The molecule has 2 N–H and O–H groups in total. The van der Waals surface area contributed by atoms with Crippen LogP contribution in [-0.2, 0) is 16.1 Å². The predicted octanol–water partition coefficient (Wildman–Crippen LogP) is 3.67. The van der Waals surface area contributed by atoms with Gasteiger partial charge < -0.3 is 10.1 Å². The molecule has 0 unspecified atom stereocenters. The summed E-state index contributed by atoms with van der Waals surface area (Å²) in [7, 11) is 0. The third kappa shape index (κ3) is 5.99. The molecule has 30 heavy (non-hydrogen) atoms.